The Balaban J connectivity index is 0.00000361. The normalized spacial score (nSPS) is 10.2. The Hall–Kier alpha value is -0.840. The van der Waals surface area contributed by atoms with Gasteiger partial charge >= 0.3 is 5.97 Å². The highest BCUT2D eigenvalue weighted by Crippen LogP contribution is 2.10. The summed E-state index contributed by atoms with van der Waals surface area (Å²) in [6.07, 6.45) is 8.36. The van der Waals surface area contributed by atoms with Crippen LogP contribution in [-0.4, -0.2) is 17.6 Å². The first-order valence-electron chi connectivity index (χ1n) is 7.21. The third kappa shape index (κ3) is 5.65. The van der Waals surface area contributed by atoms with E-state index in [1.807, 2.05) is 0 Å². The smallest absolute Gasteiger partial charge is 0.305 e. The number of methoxy groups -OCH3 is 1. The molecular formula is C15H27BrN2O2. The van der Waals surface area contributed by atoms with Crippen LogP contribution in [0.4, 0.5) is 0 Å². The molecule has 0 aliphatic rings. The number of ether oxygens (including phenoxy) is 1. The van der Waals surface area contributed by atoms with Crippen molar-refractivity contribution in [1.29, 1.82) is 0 Å². The molecule has 0 unspecified atom stereocenters. The number of nitrogens with zero attached hydrogens (tertiary/aromatic N) is 2. The van der Waals surface area contributed by atoms with Crippen molar-refractivity contribution in [1.82, 2.24) is 4.57 Å². The first-order valence-corrected chi connectivity index (χ1v) is 7.21. The lowest BCUT2D eigenvalue weighted by Crippen LogP contribution is -3.00. The average Bonchev–Trinajstić information content (AvgIpc) is 2.68. The molecule has 1 aromatic rings. The number of esters is 1. The second kappa shape index (κ2) is 9.97. The van der Waals surface area contributed by atoms with Crippen LogP contribution in [0.25, 0.3) is 0 Å². The van der Waals surface area contributed by atoms with Crippen LogP contribution in [-0.2, 0) is 29.5 Å². The Morgan fingerprint density at radius 1 is 1.35 bits per heavy atom. The van der Waals surface area contributed by atoms with Gasteiger partial charge in [0.05, 0.1) is 27.1 Å². The van der Waals surface area contributed by atoms with Crippen LogP contribution in [0.5, 0.6) is 0 Å². The molecule has 0 aromatic carbocycles. The van der Waals surface area contributed by atoms with Gasteiger partial charge in [0.2, 0.25) is 0 Å². The average molecular weight is 347 g/mol. The number of aryl methyl sites for hydroxylation is 2. The van der Waals surface area contributed by atoms with Gasteiger partial charge in [-0.15, -0.1) is 0 Å². The second-order valence-electron chi connectivity index (χ2n) is 5.07. The molecular weight excluding hydrogens is 320 g/mol. The predicted molar refractivity (Wildman–Crippen MR) is 74.8 cm³/mol. The molecule has 116 valence electrons. The predicted octanol–water partition coefficient (Wildman–Crippen LogP) is -0.689. The Morgan fingerprint density at radius 3 is 2.65 bits per heavy atom. The first-order chi connectivity index (χ1) is 9.10. The highest BCUT2D eigenvalue weighted by Gasteiger charge is 2.18. The zero-order chi connectivity index (χ0) is 14.3. The number of hydrogen-bond donors (Lipinski definition) is 0. The summed E-state index contributed by atoms with van der Waals surface area (Å²) in [4.78, 5) is 11.2. The van der Waals surface area contributed by atoms with E-state index in [4.69, 9.17) is 4.74 Å². The van der Waals surface area contributed by atoms with E-state index in [-0.39, 0.29) is 23.0 Å². The molecule has 0 atom stereocenters. The number of imidazole rings is 1. The Bertz CT molecular complexity index is 416. The van der Waals surface area contributed by atoms with Gasteiger partial charge in [-0.25, -0.2) is 9.13 Å². The standard InChI is InChI=1S/C15H27N2O2.BrH/c1-5-6-7-8-11-17-13(2)16(3)12-14(17)9-10-15(18)19-4;/h12H,5-11H2,1-4H3;1H/q+1;/p-1. The maximum atomic E-state index is 11.2. The monoisotopic (exact) mass is 346 g/mol. The van der Waals surface area contributed by atoms with Crippen LogP contribution in [0.3, 0.4) is 0 Å². The maximum Gasteiger partial charge on any atom is 0.305 e. The molecule has 0 spiro atoms. The van der Waals surface area contributed by atoms with Gasteiger partial charge in [-0.1, -0.05) is 19.8 Å². The van der Waals surface area contributed by atoms with Crippen molar-refractivity contribution in [2.75, 3.05) is 7.11 Å². The summed E-state index contributed by atoms with van der Waals surface area (Å²) in [7, 11) is 3.50. The van der Waals surface area contributed by atoms with Gasteiger partial charge < -0.3 is 21.7 Å². The molecule has 20 heavy (non-hydrogen) atoms. The van der Waals surface area contributed by atoms with E-state index in [1.54, 1.807) is 0 Å². The second-order valence-corrected chi connectivity index (χ2v) is 5.07. The van der Waals surface area contributed by atoms with Crippen molar-refractivity contribution >= 4 is 5.97 Å². The summed E-state index contributed by atoms with van der Waals surface area (Å²) in [5.41, 5.74) is 1.22. The first kappa shape index (κ1) is 19.2. The summed E-state index contributed by atoms with van der Waals surface area (Å²) in [6.45, 7) is 5.40. The number of unbranched alkanes of at least 4 members (excludes halogenated alkanes) is 3. The number of rotatable bonds is 8. The number of aromatic nitrogens is 2. The summed E-state index contributed by atoms with van der Waals surface area (Å²) < 4.78 is 9.17. The molecule has 1 rings (SSSR count). The molecule has 0 saturated carbocycles. The lowest BCUT2D eigenvalue weighted by molar-refractivity contribution is -0.677. The Morgan fingerprint density at radius 2 is 2.05 bits per heavy atom. The molecule has 4 nitrogen and oxygen atoms in total. The van der Waals surface area contributed by atoms with Crippen LogP contribution in [0, 0.1) is 6.92 Å². The van der Waals surface area contributed by atoms with Crippen molar-refractivity contribution in [2.45, 2.75) is 58.9 Å². The molecule has 0 aliphatic heterocycles. The largest absolute Gasteiger partial charge is 1.00 e. The van der Waals surface area contributed by atoms with Crippen molar-refractivity contribution in [3.05, 3.63) is 17.7 Å². The summed E-state index contributed by atoms with van der Waals surface area (Å²) in [5.74, 6) is 1.11. The highest BCUT2D eigenvalue weighted by molar-refractivity contribution is 5.69. The quantitative estimate of drug-likeness (QED) is 0.355. The molecule has 5 heteroatoms. The van der Waals surface area contributed by atoms with E-state index in [9.17, 15) is 4.79 Å². The van der Waals surface area contributed by atoms with E-state index in [0.29, 0.717) is 6.42 Å². The third-order valence-electron chi connectivity index (χ3n) is 3.64. The molecule has 0 aliphatic carbocycles. The number of carbonyl (C=O) groups is 1. The van der Waals surface area contributed by atoms with Crippen LogP contribution < -0.4 is 21.5 Å². The summed E-state index contributed by atoms with van der Waals surface area (Å²) in [5, 5.41) is 0. The van der Waals surface area contributed by atoms with Crippen LogP contribution in [0.15, 0.2) is 6.20 Å². The molecule has 0 saturated heterocycles. The number of halogens is 1. The Labute approximate surface area is 132 Å². The molecule has 1 heterocycles. The fourth-order valence-corrected chi connectivity index (χ4v) is 2.32. The van der Waals surface area contributed by atoms with Gasteiger partial charge in [0.25, 0.3) is 5.82 Å². The van der Waals surface area contributed by atoms with Crippen LogP contribution >= 0.6 is 0 Å². The van der Waals surface area contributed by atoms with Crippen LogP contribution in [0.1, 0.15) is 50.5 Å². The number of hydrogen-bond acceptors (Lipinski definition) is 2. The molecule has 0 bridgehead atoms. The van der Waals surface area contributed by atoms with E-state index in [2.05, 4.69) is 36.2 Å². The zero-order valence-electron chi connectivity index (χ0n) is 13.1. The minimum atomic E-state index is -0.140. The minimum Gasteiger partial charge on any atom is -1.00 e. The van der Waals surface area contributed by atoms with E-state index in [1.165, 1.54) is 44.3 Å². The van der Waals surface area contributed by atoms with Gasteiger partial charge in [0, 0.05) is 13.3 Å². The molecule has 0 N–H and O–H groups in total. The van der Waals surface area contributed by atoms with Crippen molar-refractivity contribution < 1.29 is 31.1 Å². The van der Waals surface area contributed by atoms with Gasteiger partial charge in [-0.3, -0.25) is 4.79 Å². The third-order valence-corrected chi connectivity index (χ3v) is 3.64. The fourth-order valence-electron chi connectivity index (χ4n) is 2.32. The van der Waals surface area contributed by atoms with Crippen molar-refractivity contribution in [3.8, 4) is 0 Å². The van der Waals surface area contributed by atoms with E-state index < -0.39 is 0 Å². The maximum absolute atomic E-state index is 11.2. The number of carbonyl (C=O) groups excluding carboxylic acids is 1. The van der Waals surface area contributed by atoms with Gasteiger partial charge in [-0.05, 0) is 12.8 Å². The van der Waals surface area contributed by atoms with Gasteiger partial charge in [-0.2, -0.15) is 0 Å². The lowest BCUT2D eigenvalue weighted by atomic mass is 10.2. The zero-order valence-corrected chi connectivity index (χ0v) is 14.7. The van der Waals surface area contributed by atoms with Crippen molar-refractivity contribution in [2.24, 2.45) is 7.05 Å². The van der Waals surface area contributed by atoms with Crippen molar-refractivity contribution in [3.63, 3.8) is 0 Å². The van der Waals surface area contributed by atoms with E-state index in [0.717, 1.165) is 13.0 Å². The van der Waals surface area contributed by atoms with Gasteiger partial charge in [0.1, 0.15) is 11.9 Å². The molecule has 0 radical (unpaired) electrons. The SMILES string of the molecule is CCCCCCn1c(CCC(=O)OC)c[n+](C)c1C.[Br-]. The molecule has 1 aromatic heterocycles. The summed E-state index contributed by atoms with van der Waals surface area (Å²) in [6, 6.07) is 0. The highest BCUT2D eigenvalue weighted by atomic mass is 79.9. The molecule has 0 amide bonds. The molecule has 0 fully saturated rings. The van der Waals surface area contributed by atoms with Gasteiger partial charge in [0.15, 0.2) is 0 Å². The topological polar surface area (TPSA) is 35.1 Å². The Kier molecular flexibility index (Phi) is 9.55. The minimum absolute atomic E-state index is 0. The summed E-state index contributed by atoms with van der Waals surface area (Å²) >= 11 is 0. The fraction of sp³-hybridized carbons (Fsp3) is 0.733. The van der Waals surface area contributed by atoms with Crippen LogP contribution in [0.2, 0.25) is 0 Å². The van der Waals surface area contributed by atoms with E-state index >= 15 is 0 Å². The lowest BCUT2D eigenvalue weighted by Gasteiger charge is -2.03.